The van der Waals surface area contributed by atoms with Crippen molar-refractivity contribution in [2.24, 2.45) is 0 Å². The van der Waals surface area contributed by atoms with Crippen molar-refractivity contribution in [3.8, 4) is 0 Å². The number of nitrogens with zero attached hydrogens (tertiary/aromatic N) is 1. The number of halogens is 2. The van der Waals surface area contributed by atoms with Crippen LogP contribution in [0.5, 0.6) is 0 Å². The van der Waals surface area contributed by atoms with Crippen LogP contribution in [0.1, 0.15) is 44.7 Å². The second-order valence-electron chi connectivity index (χ2n) is 5.63. The SMILES string of the molecule is CCNC(CCN1CCCC1C)c1cc(F)cc(F)c1. The predicted molar refractivity (Wildman–Crippen MR) is 77.7 cm³/mol. The van der Waals surface area contributed by atoms with Gasteiger partial charge in [0.2, 0.25) is 0 Å². The fourth-order valence-electron chi connectivity index (χ4n) is 3.03. The zero-order valence-electron chi connectivity index (χ0n) is 12.3. The molecule has 20 heavy (non-hydrogen) atoms. The van der Waals surface area contributed by atoms with Gasteiger partial charge in [0.1, 0.15) is 11.6 Å². The van der Waals surface area contributed by atoms with Gasteiger partial charge in [0.05, 0.1) is 0 Å². The molecule has 0 saturated carbocycles. The average Bonchev–Trinajstić information content (AvgIpc) is 2.79. The summed E-state index contributed by atoms with van der Waals surface area (Å²) in [7, 11) is 0. The molecule has 2 nitrogen and oxygen atoms in total. The number of hydrogen-bond acceptors (Lipinski definition) is 2. The third-order valence-electron chi connectivity index (χ3n) is 4.13. The van der Waals surface area contributed by atoms with Gasteiger partial charge < -0.3 is 10.2 Å². The van der Waals surface area contributed by atoms with Crippen molar-refractivity contribution in [2.45, 2.75) is 45.2 Å². The topological polar surface area (TPSA) is 15.3 Å². The highest BCUT2D eigenvalue weighted by molar-refractivity contribution is 5.21. The van der Waals surface area contributed by atoms with Crippen LogP contribution < -0.4 is 5.32 Å². The van der Waals surface area contributed by atoms with Crippen LogP contribution in [0, 0.1) is 11.6 Å². The van der Waals surface area contributed by atoms with E-state index in [9.17, 15) is 8.78 Å². The highest BCUT2D eigenvalue weighted by Gasteiger charge is 2.21. The minimum absolute atomic E-state index is 0.0120. The Morgan fingerprint density at radius 3 is 2.55 bits per heavy atom. The van der Waals surface area contributed by atoms with Crippen molar-refractivity contribution in [1.29, 1.82) is 0 Å². The van der Waals surface area contributed by atoms with Gasteiger partial charge in [-0.1, -0.05) is 6.92 Å². The third-order valence-corrected chi connectivity index (χ3v) is 4.13. The molecule has 0 amide bonds. The molecule has 1 saturated heterocycles. The van der Waals surface area contributed by atoms with E-state index in [1.807, 2.05) is 6.92 Å². The summed E-state index contributed by atoms with van der Waals surface area (Å²) in [6.45, 7) is 7.16. The van der Waals surface area contributed by atoms with Crippen LogP contribution in [0.4, 0.5) is 8.78 Å². The molecule has 1 aromatic carbocycles. The Morgan fingerprint density at radius 2 is 2.00 bits per heavy atom. The fraction of sp³-hybridized carbons (Fsp3) is 0.625. The first-order valence-electron chi connectivity index (χ1n) is 7.53. The summed E-state index contributed by atoms with van der Waals surface area (Å²) in [5, 5.41) is 3.33. The zero-order valence-corrected chi connectivity index (χ0v) is 12.3. The molecule has 4 heteroatoms. The van der Waals surface area contributed by atoms with E-state index in [0.717, 1.165) is 32.1 Å². The quantitative estimate of drug-likeness (QED) is 0.859. The average molecular weight is 282 g/mol. The Hall–Kier alpha value is -1.00. The Morgan fingerprint density at radius 1 is 1.30 bits per heavy atom. The van der Waals surface area contributed by atoms with Crippen molar-refractivity contribution < 1.29 is 8.78 Å². The minimum atomic E-state index is -0.502. The van der Waals surface area contributed by atoms with Gasteiger partial charge in [-0.15, -0.1) is 0 Å². The van der Waals surface area contributed by atoms with Gasteiger partial charge in [0, 0.05) is 24.7 Å². The van der Waals surface area contributed by atoms with Crippen LogP contribution in [-0.2, 0) is 0 Å². The number of benzene rings is 1. The molecule has 2 rings (SSSR count). The van der Waals surface area contributed by atoms with E-state index in [1.165, 1.54) is 25.0 Å². The highest BCUT2D eigenvalue weighted by Crippen LogP contribution is 2.23. The second kappa shape index (κ2) is 7.14. The van der Waals surface area contributed by atoms with Crippen LogP contribution in [0.3, 0.4) is 0 Å². The molecule has 1 fully saturated rings. The molecule has 0 spiro atoms. The van der Waals surface area contributed by atoms with E-state index in [4.69, 9.17) is 0 Å². The lowest BCUT2D eigenvalue weighted by atomic mass is 10.0. The van der Waals surface area contributed by atoms with Gasteiger partial charge in [-0.05, 0) is 57.0 Å². The van der Waals surface area contributed by atoms with Gasteiger partial charge in [0.15, 0.2) is 0 Å². The van der Waals surface area contributed by atoms with Gasteiger partial charge >= 0.3 is 0 Å². The molecule has 1 aliphatic rings. The zero-order chi connectivity index (χ0) is 14.5. The molecule has 1 aromatic rings. The third kappa shape index (κ3) is 4.00. The first kappa shape index (κ1) is 15.4. The Balaban J connectivity index is 2.02. The summed E-state index contributed by atoms with van der Waals surface area (Å²) in [4.78, 5) is 2.46. The van der Waals surface area contributed by atoms with Gasteiger partial charge in [-0.25, -0.2) is 8.78 Å². The first-order chi connectivity index (χ1) is 9.60. The Labute approximate surface area is 120 Å². The maximum atomic E-state index is 13.4. The first-order valence-corrected chi connectivity index (χ1v) is 7.53. The minimum Gasteiger partial charge on any atom is -0.310 e. The molecule has 0 aromatic heterocycles. The molecule has 0 bridgehead atoms. The van der Waals surface area contributed by atoms with Crippen molar-refractivity contribution in [3.63, 3.8) is 0 Å². The summed E-state index contributed by atoms with van der Waals surface area (Å²) in [6, 6.07) is 4.43. The lowest BCUT2D eigenvalue weighted by molar-refractivity contribution is 0.252. The van der Waals surface area contributed by atoms with Crippen LogP contribution in [0.25, 0.3) is 0 Å². The standard InChI is InChI=1S/C16H24F2N2/c1-3-19-16(6-8-20-7-4-5-12(20)2)13-9-14(17)11-15(18)10-13/h9-12,16,19H,3-8H2,1-2H3. The maximum absolute atomic E-state index is 13.4. The lowest BCUT2D eigenvalue weighted by Crippen LogP contribution is -2.31. The van der Waals surface area contributed by atoms with E-state index >= 15 is 0 Å². The number of nitrogens with one attached hydrogen (secondary N) is 1. The van der Waals surface area contributed by atoms with E-state index in [1.54, 1.807) is 0 Å². The molecule has 1 aliphatic heterocycles. The largest absolute Gasteiger partial charge is 0.310 e. The van der Waals surface area contributed by atoms with Gasteiger partial charge in [-0.2, -0.15) is 0 Å². The fourth-order valence-corrected chi connectivity index (χ4v) is 3.03. The number of rotatable bonds is 6. The smallest absolute Gasteiger partial charge is 0.126 e. The summed E-state index contributed by atoms with van der Waals surface area (Å²) < 4.78 is 26.7. The summed E-state index contributed by atoms with van der Waals surface area (Å²) in [5.41, 5.74) is 0.705. The molecule has 0 aliphatic carbocycles. The van der Waals surface area contributed by atoms with Crippen LogP contribution in [-0.4, -0.2) is 30.6 Å². The highest BCUT2D eigenvalue weighted by atomic mass is 19.1. The van der Waals surface area contributed by atoms with Crippen molar-refractivity contribution in [2.75, 3.05) is 19.6 Å². The summed E-state index contributed by atoms with van der Waals surface area (Å²) in [6.07, 6.45) is 3.38. The second-order valence-corrected chi connectivity index (χ2v) is 5.63. The normalized spacial score (nSPS) is 21.3. The Bertz CT molecular complexity index is 416. The predicted octanol–water partition coefficient (Wildman–Crippen LogP) is 3.49. The number of likely N-dealkylation sites (tertiary alicyclic amines) is 1. The van der Waals surface area contributed by atoms with Crippen LogP contribution in [0.2, 0.25) is 0 Å². The molecule has 2 unspecified atom stereocenters. The number of hydrogen-bond donors (Lipinski definition) is 1. The van der Waals surface area contributed by atoms with E-state index in [0.29, 0.717) is 11.6 Å². The molecule has 2 atom stereocenters. The lowest BCUT2D eigenvalue weighted by Gasteiger charge is -2.25. The molecule has 1 heterocycles. The van der Waals surface area contributed by atoms with Crippen molar-refractivity contribution in [3.05, 3.63) is 35.4 Å². The summed E-state index contributed by atoms with van der Waals surface area (Å²) >= 11 is 0. The molecule has 1 N–H and O–H groups in total. The van der Waals surface area contributed by atoms with Crippen LogP contribution >= 0.6 is 0 Å². The van der Waals surface area contributed by atoms with Crippen molar-refractivity contribution >= 4 is 0 Å². The monoisotopic (exact) mass is 282 g/mol. The van der Waals surface area contributed by atoms with E-state index < -0.39 is 11.6 Å². The Kier molecular flexibility index (Phi) is 5.49. The van der Waals surface area contributed by atoms with Gasteiger partial charge in [0.25, 0.3) is 0 Å². The molecular formula is C16H24F2N2. The van der Waals surface area contributed by atoms with Crippen LogP contribution in [0.15, 0.2) is 18.2 Å². The van der Waals surface area contributed by atoms with Gasteiger partial charge in [-0.3, -0.25) is 0 Å². The molecule has 0 radical (unpaired) electrons. The van der Waals surface area contributed by atoms with Crippen molar-refractivity contribution in [1.82, 2.24) is 10.2 Å². The van der Waals surface area contributed by atoms with E-state index in [2.05, 4.69) is 17.1 Å². The summed E-state index contributed by atoms with van der Waals surface area (Å²) in [5.74, 6) is -1.00. The molecular weight excluding hydrogens is 258 g/mol. The maximum Gasteiger partial charge on any atom is 0.126 e. The van der Waals surface area contributed by atoms with E-state index in [-0.39, 0.29) is 6.04 Å². The molecule has 112 valence electrons.